The first-order valence-electron chi connectivity index (χ1n) is 1.38. The summed E-state index contributed by atoms with van der Waals surface area (Å²) in [5, 5.41) is 0. The first-order chi connectivity index (χ1) is 2.77. The summed E-state index contributed by atoms with van der Waals surface area (Å²) < 4.78 is 3.72. The first-order valence-corrected chi connectivity index (χ1v) is 1.38. The van der Waals surface area contributed by atoms with Crippen LogP contribution in [0, 0.1) is 0 Å². The van der Waals surface area contributed by atoms with E-state index in [4.69, 9.17) is 0 Å². The molecule has 0 bridgehead atoms. The van der Waals surface area contributed by atoms with E-state index >= 15 is 0 Å². The van der Waals surface area contributed by atoms with Crippen LogP contribution in [-0.4, -0.2) is 42.0 Å². The van der Waals surface area contributed by atoms with Crippen LogP contribution in [0.15, 0.2) is 0 Å². The molecule has 0 saturated heterocycles. The SMILES string of the molecule is CC(=O)OC=O.[NaH]. The summed E-state index contributed by atoms with van der Waals surface area (Å²) in [5.41, 5.74) is 0. The van der Waals surface area contributed by atoms with Gasteiger partial charge in [-0.2, -0.15) is 0 Å². The molecule has 0 aliphatic carbocycles. The van der Waals surface area contributed by atoms with Gasteiger partial charge in [0.05, 0.1) is 0 Å². The first kappa shape index (κ1) is 10.2. The van der Waals surface area contributed by atoms with Gasteiger partial charge in [-0.1, -0.05) is 0 Å². The van der Waals surface area contributed by atoms with E-state index in [0.717, 1.165) is 6.92 Å². The molecule has 0 fully saturated rings. The second-order valence-corrected chi connectivity index (χ2v) is 0.706. The van der Waals surface area contributed by atoms with Crippen molar-refractivity contribution in [3.05, 3.63) is 0 Å². The number of hydrogen-bond acceptors (Lipinski definition) is 3. The molecule has 7 heavy (non-hydrogen) atoms. The standard InChI is InChI=1S/C3H4O3.Na.H/c1-3(5)6-2-4;;/h2H,1H3;;. The van der Waals surface area contributed by atoms with E-state index in [1.54, 1.807) is 0 Å². The number of rotatable bonds is 1. The fourth-order valence-corrected chi connectivity index (χ4v) is 0.0678. The molecule has 0 rings (SSSR count). The molecule has 0 spiro atoms. The van der Waals surface area contributed by atoms with E-state index in [2.05, 4.69) is 4.74 Å². The Morgan fingerprint density at radius 3 is 2.14 bits per heavy atom. The van der Waals surface area contributed by atoms with Gasteiger partial charge in [-0.05, 0) is 0 Å². The van der Waals surface area contributed by atoms with Crippen LogP contribution in [0.5, 0.6) is 0 Å². The Morgan fingerprint density at radius 1 is 1.71 bits per heavy atom. The number of carbonyl (C=O) groups is 2. The molecular weight excluding hydrogens is 107 g/mol. The van der Waals surface area contributed by atoms with Gasteiger partial charge in [-0.3, -0.25) is 9.59 Å². The van der Waals surface area contributed by atoms with Gasteiger partial charge in [0, 0.05) is 6.92 Å². The summed E-state index contributed by atoms with van der Waals surface area (Å²) in [6.45, 7) is 1.26. The van der Waals surface area contributed by atoms with E-state index in [-0.39, 0.29) is 36.0 Å². The van der Waals surface area contributed by atoms with Crippen LogP contribution in [0.3, 0.4) is 0 Å². The van der Waals surface area contributed by atoms with Gasteiger partial charge in [-0.15, -0.1) is 0 Å². The molecule has 0 aliphatic heterocycles. The minimum atomic E-state index is -0.579. The quantitative estimate of drug-likeness (QED) is 0.190. The number of esters is 1. The third kappa shape index (κ3) is 10.7. The van der Waals surface area contributed by atoms with Crippen LogP contribution in [0.25, 0.3) is 0 Å². The molecule has 0 atom stereocenters. The second kappa shape index (κ2) is 6.14. The molecule has 0 aromatic heterocycles. The van der Waals surface area contributed by atoms with Gasteiger partial charge in [-0.25, -0.2) is 0 Å². The van der Waals surface area contributed by atoms with Crippen LogP contribution in [0.1, 0.15) is 6.92 Å². The second-order valence-electron chi connectivity index (χ2n) is 0.706. The van der Waals surface area contributed by atoms with Crippen molar-refractivity contribution in [2.24, 2.45) is 0 Å². The van der Waals surface area contributed by atoms with Gasteiger partial charge < -0.3 is 4.74 Å². The van der Waals surface area contributed by atoms with Crippen molar-refractivity contribution in [1.82, 2.24) is 0 Å². The third-order valence-corrected chi connectivity index (χ3v) is 0.214. The fourth-order valence-electron chi connectivity index (χ4n) is 0.0678. The number of carbonyl (C=O) groups excluding carboxylic acids is 2. The van der Waals surface area contributed by atoms with Crippen LogP contribution in [0.4, 0.5) is 0 Å². The fraction of sp³-hybridized carbons (Fsp3) is 0.333. The molecule has 0 aromatic carbocycles. The molecule has 3 nitrogen and oxygen atoms in total. The predicted octanol–water partition coefficient (Wildman–Crippen LogP) is -0.943. The Labute approximate surface area is 63.3 Å². The molecule has 0 N–H and O–H groups in total. The zero-order chi connectivity index (χ0) is 4.99. The summed E-state index contributed by atoms with van der Waals surface area (Å²) in [6, 6.07) is 0. The Bertz CT molecular complexity index is 70.6. The molecule has 0 aliphatic rings. The number of ether oxygens (including phenoxy) is 1. The molecule has 4 heteroatoms. The third-order valence-electron chi connectivity index (χ3n) is 0.214. The summed E-state index contributed by atoms with van der Waals surface area (Å²) in [4.78, 5) is 18.8. The van der Waals surface area contributed by atoms with Crippen LogP contribution < -0.4 is 0 Å². The monoisotopic (exact) mass is 112 g/mol. The van der Waals surface area contributed by atoms with E-state index in [1.807, 2.05) is 0 Å². The van der Waals surface area contributed by atoms with E-state index < -0.39 is 5.97 Å². The van der Waals surface area contributed by atoms with Gasteiger partial charge >= 0.3 is 42.0 Å². The molecule has 0 aromatic rings. The van der Waals surface area contributed by atoms with Crippen molar-refractivity contribution in [3.63, 3.8) is 0 Å². The Morgan fingerprint density at radius 2 is 2.14 bits per heavy atom. The summed E-state index contributed by atoms with van der Waals surface area (Å²) in [5.74, 6) is -0.579. The molecule has 0 unspecified atom stereocenters. The topological polar surface area (TPSA) is 43.4 Å². The Hall–Kier alpha value is 0.140. The van der Waals surface area contributed by atoms with Crippen molar-refractivity contribution in [3.8, 4) is 0 Å². The van der Waals surface area contributed by atoms with Crippen LogP contribution in [0.2, 0.25) is 0 Å². The van der Waals surface area contributed by atoms with Gasteiger partial charge in [0.2, 0.25) is 0 Å². The molecule has 36 valence electrons. The predicted molar refractivity (Wildman–Crippen MR) is 25.0 cm³/mol. The van der Waals surface area contributed by atoms with Crippen molar-refractivity contribution in [1.29, 1.82) is 0 Å². The Kier molecular flexibility index (Phi) is 8.94. The minimum absolute atomic E-state index is 0. The molecule has 0 heterocycles. The molecule has 0 amide bonds. The zero-order valence-corrected chi connectivity index (χ0v) is 3.30. The summed E-state index contributed by atoms with van der Waals surface area (Å²) >= 11 is 0. The van der Waals surface area contributed by atoms with Gasteiger partial charge in [0.25, 0.3) is 0 Å². The average molecular weight is 112 g/mol. The summed E-state index contributed by atoms with van der Waals surface area (Å²) in [6.07, 6.45) is 0. The summed E-state index contributed by atoms with van der Waals surface area (Å²) in [7, 11) is 0. The normalized spacial score (nSPS) is 5.86. The van der Waals surface area contributed by atoms with Crippen molar-refractivity contribution in [2.45, 2.75) is 6.92 Å². The van der Waals surface area contributed by atoms with E-state index in [9.17, 15) is 9.59 Å². The molecular formula is C3H5NaO3. The molecule has 0 radical (unpaired) electrons. The van der Waals surface area contributed by atoms with Crippen molar-refractivity contribution < 1.29 is 14.3 Å². The van der Waals surface area contributed by atoms with E-state index in [0.29, 0.717) is 0 Å². The van der Waals surface area contributed by atoms with Crippen molar-refractivity contribution in [2.75, 3.05) is 0 Å². The maximum absolute atomic E-state index is 9.59. The van der Waals surface area contributed by atoms with Gasteiger partial charge in [0.1, 0.15) is 0 Å². The van der Waals surface area contributed by atoms with Gasteiger partial charge in [0.15, 0.2) is 0 Å². The number of hydrogen-bond donors (Lipinski definition) is 0. The maximum atomic E-state index is 9.59. The van der Waals surface area contributed by atoms with E-state index in [1.165, 1.54) is 0 Å². The zero-order valence-electron chi connectivity index (χ0n) is 3.30. The van der Waals surface area contributed by atoms with Crippen molar-refractivity contribution >= 4 is 42.0 Å². The average Bonchev–Trinajstić information content (AvgIpc) is 1.35. The molecule has 0 saturated carbocycles. The van der Waals surface area contributed by atoms with Crippen LogP contribution >= 0.6 is 0 Å². The Balaban J connectivity index is 0. The van der Waals surface area contributed by atoms with Crippen LogP contribution in [-0.2, 0) is 14.3 Å².